The first-order chi connectivity index (χ1) is 16.0. The van der Waals surface area contributed by atoms with E-state index in [0.29, 0.717) is 38.5 Å². The number of nitrogens with zero attached hydrogens (tertiary/aromatic N) is 1. The number of hydrogen-bond acceptors (Lipinski definition) is 5. The number of ketones is 1. The average molecular weight is 464 g/mol. The molecule has 1 heterocycles. The predicted octanol–water partition coefficient (Wildman–Crippen LogP) is 4.18. The molecule has 0 saturated carbocycles. The van der Waals surface area contributed by atoms with Crippen LogP contribution in [-0.2, 0) is 21.4 Å². The lowest BCUT2D eigenvalue weighted by atomic mass is 10.1. The third-order valence-corrected chi connectivity index (χ3v) is 7.22. The fraction of sp³-hybridized carbons (Fsp3) is 0.192. The molecule has 1 saturated heterocycles. The number of benzene rings is 3. The second kappa shape index (κ2) is 10.6. The molecule has 0 amide bonds. The number of allylic oxidation sites excluding steroid dienone is 1. The van der Waals surface area contributed by atoms with Crippen LogP contribution in [0.4, 0.5) is 0 Å². The van der Waals surface area contributed by atoms with Crippen LogP contribution in [0.15, 0.2) is 89.8 Å². The van der Waals surface area contributed by atoms with Gasteiger partial charge in [-0.15, -0.1) is 0 Å². The Kier molecular flexibility index (Phi) is 7.34. The maximum atomic E-state index is 12.7. The van der Waals surface area contributed by atoms with Gasteiger partial charge in [0.15, 0.2) is 5.78 Å². The molecular formula is C26H25NO5S. The van der Waals surface area contributed by atoms with Crippen LogP contribution in [0.5, 0.6) is 5.75 Å². The Hall–Kier alpha value is -3.26. The summed E-state index contributed by atoms with van der Waals surface area (Å²) in [4.78, 5) is 12.7. The highest BCUT2D eigenvalue weighted by Gasteiger charge is 2.26. The number of carbonyl (C=O) groups is 1. The standard InChI is InChI=1S/C26H25NO5S/c28-26(23-9-13-25(14-10-23)33(29,30)27-16-18-31-19-17-27)15-8-21-6-11-24(12-7-21)32-20-22-4-2-1-3-5-22/h1-15H,16-20H2. The zero-order chi connectivity index (χ0) is 23.1. The summed E-state index contributed by atoms with van der Waals surface area (Å²) in [6.45, 7) is 1.94. The summed E-state index contributed by atoms with van der Waals surface area (Å²) in [6, 6.07) is 23.4. The van der Waals surface area contributed by atoms with Crippen molar-refractivity contribution < 1.29 is 22.7 Å². The Morgan fingerprint density at radius 2 is 1.58 bits per heavy atom. The molecule has 0 atom stereocenters. The lowest BCUT2D eigenvalue weighted by Gasteiger charge is -2.26. The number of hydrogen-bond donors (Lipinski definition) is 0. The van der Waals surface area contributed by atoms with Gasteiger partial charge in [0, 0.05) is 18.7 Å². The topological polar surface area (TPSA) is 72.9 Å². The van der Waals surface area contributed by atoms with Crippen molar-refractivity contribution in [2.24, 2.45) is 0 Å². The molecule has 0 unspecified atom stereocenters. The minimum absolute atomic E-state index is 0.177. The summed E-state index contributed by atoms with van der Waals surface area (Å²) in [7, 11) is -3.57. The molecule has 33 heavy (non-hydrogen) atoms. The number of morpholine rings is 1. The van der Waals surface area contributed by atoms with Crippen molar-refractivity contribution in [1.29, 1.82) is 0 Å². The van der Waals surface area contributed by atoms with Gasteiger partial charge in [0.05, 0.1) is 18.1 Å². The molecule has 0 aromatic heterocycles. The first-order valence-electron chi connectivity index (χ1n) is 10.7. The minimum Gasteiger partial charge on any atom is -0.489 e. The Balaban J connectivity index is 1.35. The van der Waals surface area contributed by atoms with E-state index in [2.05, 4.69) is 0 Å². The normalized spacial score (nSPS) is 14.9. The molecule has 0 spiro atoms. The van der Waals surface area contributed by atoms with Crippen LogP contribution in [0.3, 0.4) is 0 Å². The lowest BCUT2D eigenvalue weighted by molar-refractivity contribution is 0.0730. The fourth-order valence-corrected chi connectivity index (χ4v) is 4.82. The first-order valence-corrected chi connectivity index (χ1v) is 12.1. The molecule has 4 rings (SSSR count). The van der Waals surface area contributed by atoms with Gasteiger partial charge in [0.25, 0.3) is 0 Å². The van der Waals surface area contributed by atoms with Crippen LogP contribution < -0.4 is 4.74 Å². The van der Waals surface area contributed by atoms with E-state index in [1.165, 1.54) is 22.5 Å². The summed E-state index contributed by atoms with van der Waals surface area (Å²) in [6.07, 6.45) is 3.20. The smallest absolute Gasteiger partial charge is 0.243 e. The molecule has 1 aliphatic heterocycles. The highest BCUT2D eigenvalue weighted by molar-refractivity contribution is 7.89. The van der Waals surface area contributed by atoms with E-state index in [0.717, 1.165) is 16.9 Å². The predicted molar refractivity (Wildman–Crippen MR) is 127 cm³/mol. The van der Waals surface area contributed by atoms with Gasteiger partial charge in [0.1, 0.15) is 12.4 Å². The molecule has 0 aliphatic carbocycles. The molecule has 6 nitrogen and oxygen atoms in total. The molecule has 1 aliphatic rings. The molecule has 7 heteroatoms. The molecule has 170 valence electrons. The highest BCUT2D eigenvalue weighted by Crippen LogP contribution is 2.19. The Morgan fingerprint density at radius 1 is 0.909 bits per heavy atom. The molecular weight excluding hydrogens is 438 g/mol. The summed E-state index contributed by atoms with van der Waals surface area (Å²) < 4.78 is 37.8. The third-order valence-electron chi connectivity index (χ3n) is 5.30. The van der Waals surface area contributed by atoms with E-state index in [9.17, 15) is 13.2 Å². The van der Waals surface area contributed by atoms with Crippen LogP contribution in [0, 0.1) is 0 Å². The van der Waals surface area contributed by atoms with Gasteiger partial charge < -0.3 is 9.47 Å². The molecule has 0 radical (unpaired) electrons. The lowest BCUT2D eigenvalue weighted by Crippen LogP contribution is -2.40. The molecule has 0 N–H and O–H groups in total. The fourth-order valence-electron chi connectivity index (χ4n) is 3.41. The Morgan fingerprint density at radius 3 is 2.24 bits per heavy atom. The SMILES string of the molecule is O=C(C=Cc1ccc(OCc2ccccc2)cc1)c1ccc(S(=O)(=O)N2CCOCC2)cc1. The third kappa shape index (κ3) is 5.96. The van der Waals surface area contributed by atoms with Crippen molar-refractivity contribution >= 4 is 21.9 Å². The van der Waals surface area contributed by atoms with Crippen molar-refractivity contribution in [2.75, 3.05) is 26.3 Å². The van der Waals surface area contributed by atoms with Crippen LogP contribution in [0.2, 0.25) is 0 Å². The van der Waals surface area contributed by atoms with Crippen LogP contribution in [0.25, 0.3) is 6.08 Å². The van der Waals surface area contributed by atoms with Gasteiger partial charge >= 0.3 is 0 Å². The van der Waals surface area contributed by atoms with Crippen LogP contribution >= 0.6 is 0 Å². The van der Waals surface area contributed by atoms with Gasteiger partial charge in [-0.25, -0.2) is 8.42 Å². The zero-order valence-electron chi connectivity index (χ0n) is 18.1. The van der Waals surface area contributed by atoms with E-state index < -0.39 is 10.0 Å². The first kappa shape index (κ1) is 22.9. The van der Waals surface area contributed by atoms with Gasteiger partial charge in [-0.05, 0) is 53.6 Å². The van der Waals surface area contributed by atoms with E-state index >= 15 is 0 Å². The Bertz CT molecular complexity index is 1200. The maximum absolute atomic E-state index is 12.7. The molecule has 3 aromatic rings. The van der Waals surface area contributed by atoms with Crippen molar-refractivity contribution in [3.05, 3.63) is 102 Å². The summed E-state index contributed by atoms with van der Waals surface area (Å²) in [5.41, 5.74) is 2.38. The second-order valence-corrected chi connectivity index (χ2v) is 9.52. The van der Waals surface area contributed by atoms with E-state index in [4.69, 9.17) is 9.47 Å². The second-order valence-electron chi connectivity index (χ2n) is 7.58. The quantitative estimate of drug-likeness (QED) is 0.370. The monoisotopic (exact) mass is 463 g/mol. The number of rotatable bonds is 8. The highest BCUT2D eigenvalue weighted by atomic mass is 32.2. The molecule has 3 aromatic carbocycles. The van der Waals surface area contributed by atoms with E-state index in [1.807, 2.05) is 54.6 Å². The number of ether oxygens (including phenoxy) is 2. The van der Waals surface area contributed by atoms with Crippen molar-refractivity contribution in [1.82, 2.24) is 4.31 Å². The van der Waals surface area contributed by atoms with Crippen molar-refractivity contribution in [3.63, 3.8) is 0 Å². The number of sulfonamides is 1. The summed E-state index contributed by atoms with van der Waals surface area (Å²) in [5, 5.41) is 0. The van der Waals surface area contributed by atoms with Gasteiger partial charge in [-0.2, -0.15) is 4.31 Å². The average Bonchev–Trinajstić information content (AvgIpc) is 2.88. The number of carbonyl (C=O) groups excluding carboxylic acids is 1. The summed E-state index contributed by atoms with van der Waals surface area (Å²) in [5.74, 6) is 0.550. The summed E-state index contributed by atoms with van der Waals surface area (Å²) >= 11 is 0. The van der Waals surface area contributed by atoms with Gasteiger partial charge in [-0.3, -0.25) is 4.79 Å². The maximum Gasteiger partial charge on any atom is 0.243 e. The van der Waals surface area contributed by atoms with Gasteiger partial charge in [0.2, 0.25) is 10.0 Å². The molecule has 1 fully saturated rings. The molecule has 0 bridgehead atoms. The minimum atomic E-state index is -3.57. The largest absolute Gasteiger partial charge is 0.489 e. The van der Waals surface area contributed by atoms with Crippen LogP contribution in [-0.4, -0.2) is 44.8 Å². The van der Waals surface area contributed by atoms with E-state index in [1.54, 1.807) is 18.2 Å². The van der Waals surface area contributed by atoms with Crippen LogP contribution in [0.1, 0.15) is 21.5 Å². The Labute approximate surface area is 194 Å². The van der Waals surface area contributed by atoms with E-state index in [-0.39, 0.29) is 10.7 Å². The van der Waals surface area contributed by atoms with Crippen molar-refractivity contribution in [3.8, 4) is 5.75 Å². The zero-order valence-corrected chi connectivity index (χ0v) is 18.9. The van der Waals surface area contributed by atoms with Gasteiger partial charge in [-0.1, -0.05) is 48.5 Å². The van der Waals surface area contributed by atoms with Crippen molar-refractivity contribution in [2.45, 2.75) is 11.5 Å².